The summed E-state index contributed by atoms with van der Waals surface area (Å²) in [5.74, 6) is -0.677. The van der Waals surface area contributed by atoms with Gasteiger partial charge in [-0.2, -0.15) is 0 Å². The smallest absolute Gasteiger partial charge is 0.217 e. The lowest BCUT2D eigenvalue weighted by molar-refractivity contribution is -0.343. The molecule has 2 aliphatic rings. The van der Waals surface area contributed by atoms with Crippen molar-refractivity contribution >= 4 is 11.8 Å². The first kappa shape index (κ1) is 49.3. The SMILES string of the molecule is C=CCO[C@@H]1[C@H](NC(C)=O)[C@@H](OCc2ccccc2)O[C@H](COCc2ccccc2)[C@H]1O[C@@H]1O[C@H](COCc2ccccc2)[C@@H](OCc2ccccc2)[C@H](OCc2ccccc2)[C@@H]1NC(C)=O. The average molecular weight is 915 g/mol. The minimum absolute atomic E-state index is 0.0311. The summed E-state index contributed by atoms with van der Waals surface area (Å²) in [6.07, 6.45) is -5.71. The van der Waals surface area contributed by atoms with Crippen molar-refractivity contribution in [2.45, 2.75) is 108 Å². The van der Waals surface area contributed by atoms with Gasteiger partial charge in [0.25, 0.3) is 0 Å². The van der Waals surface area contributed by atoms with E-state index >= 15 is 0 Å². The second kappa shape index (κ2) is 26.1. The highest BCUT2D eigenvalue weighted by Gasteiger charge is 2.54. The zero-order valence-electron chi connectivity index (χ0n) is 38.1. The van der Waals surface area contributed by atoms with E-state index in [4.69, 9.17) is 42.6 Å². The highest BCUT2D eigenvalue weighted by molar-refractivity contribution is 5.73. The van der Waals surface area contributed by atoms with E-state index in [2.05, 4.69) is 17.2 Å². The Morgan fingerprint density at radius 2 is 0.836 bits per heavy atom. The molecule has 5 aromatic rings. The number of rotatable bonds is 24. The van der Waals surface area contributed by atoms with E-state index in [1.54, 1.807) is 6.08 Å². The molecule has 5 aromatic carbocycles. The maximum absolute atomic E-state index is 13.3. The van der Waals surface area contributed by atoms with Gasteiger partial charge in [0.15, 0.2) is 12.6 Å². The summed E-state index contributed by atoms with van der Waals surface area (Å²) in [5, 5.41) is 6.14. The number of nitrogens with one attached hydrogen (secondary N) is 2. The third-order valence-electron chi connectivity index (χ3n) is 11.3. The Balaban J connectivity index is 1.26. The van der Waals surface area contributed by atoms with Gasteiger partial charge in [-0.05, 0) is 27.8 Å². The van der Waals surface area contributed by atoms with Crippen LogP contribution in [0.1, 0.15) is 41.7 Å². The number of amides is 2. The first-order chi connectivity index (χ1) is 32.8. The largest absolute Gasteiger partial charge is 0.374 e. The molecule has 13 nitrogen and oxygen atoms in total. The van der Waals surface area contributed by atoms with Gasteiger partial charge in [-0.25, -0.2) is 0 Å². The molecule has 10 atom stereocenters. The van der Waals surface area contributed by atoms with Crippen molar-refractivity contribution in [3.05, 3.63) is 192 Å². The molecule has 7 rings (SSSR count). The predicted molar refractivity (Wildman–Crippen MR) is 251 cm³/mol. The van der Waals surface area contributed by atoms with Gasteiger partial charge in [-0.1, -0.05) is 158 Å². The van der Waals surface area contributed by atoms with Crippen LogP contribution in [0, 0.1) is 0 Å². The van der Waals surface area contributed by atoms with Gasteiger partial charge in [0.05, 0.1) is 52.9 Å². The zero-order valence-corrected chi connectivity index (χ0v) is 38.1. The molecule has 2 fully saturated rings. The lowest BCUT2D eigenvalue weighted by Gasteiger charge is -2.50. The number of hydrogen-bond donors (Lipinski definition) is 2. The highest BCUT2D eigenvalue weighted by atomic mass is 16.7. The average Bonchev–Trinajstić information content (AvgIpc) is 3.35. The van der Waals surface area contributed by atoms with E-state index in [1.165, 1.54) is 13.8 Å². The van der Waals surface area contributed by atoms with Crippen LogP contribution in [-0.4, -0.2) is 92.9 Å². The molecule has 13 heteroatoms. The van der Waals surface area contributed by atoms with Crippen molar-refractivity contribution in [1.29, 1.82) is 0 Å². The molecule has 2 aliphatic heterocycles. The van der Waals surface area contributed by atoms with Crippen LogP contribution >= 0.6 is 0 Å². The van der Waals surface area contributed by atoms with Crippen LogP contribution in [-0.2, 0) is 85.3 Å². The van der Waals surface area contributed by atoms with Gasteiger partial charge in [0.1, 0.15) is 48.7 Å². The number of carbonyl (C=O) groups is 2. The molecular formula is C54H62N2O11. The van der Waals surface area contributed by atoms with Crippen LogP contribution in [0.3, 0.4) is 0 Å². The fraction of sp³-hybridized carbons (Fsp3) is 0.370. The number of benzene rings is 5. The van der Waals surface area contributed by atoms with E-state index in [-0.39, 0.29) is 58.1 Å². The Bertz CT molecular complexity index is 2210. The topological polar surface area (TPSA) is 141 Å². The van der Waals surface area contributed by atoms with Crippen molar-refractivity contribution in [2.24, 2.45) is 0 Å². The second-order valence-electron chi connectivity index (χ2n) is 16.5. The van der Waals surface area contributed by atoms with Gasteiger partial charge in [0, 0.05) is 13.8 Å². The molecule has 0 saturated carbocycles. The van der Waals surface area contributed by atoms with E-state index in [0.29, 0.717) is 6.61 Å². The number of hydrogen-bond acceptors (Lipinski definition) is 11. The molecule has 2 heterocycles. The maximum Gasteiger partial charge on any atom is 0.217 e. The summed E-state index contributed by atoms with van der Waals surface area (Å²) in [6, 6.07) is 47.1. The van der Waals surface area contributed by atoms with Crippen LogP contribution in [0.25, 0.3) is 0 Å². The minimum atomic E-state index is -1.20. The summed E-state index contributed by atoms with van der Waals surface area (Å²) in [7, 11) is 0. The third kappa shape index (κ3) is 15.0. The van der Waals surface area contributed by atoms with Crippen molar-refractivity contribution in [3.8, 4) is 0 Å². The normalized spacial score (nSPS) is 24.9. The molecule has 0 radical (unpaired) electrons. The van der Waals surface area contributed by atoms with Gasteiger partial charge in [0.2, 0.25) is 11.8 Å². The van der Waals surface area contributed by atoms with Gasteiger partial charge in [-0.15, -0.1) is 6.58 Å². The fourth-order valence-electron chi connectivity index (χ4n) is 8.23. The monoisotopic (exact) mass is 914 g/mol. The summed E-state index contributed by atoms with van der Waals surface area (Å²) in [6.45, 7) is 8.17. The third-order valence-corrected chi connectivity index (χ3v) is 11.3. The molecule has 2 amide bonds. The predicted octanol–water partition coefficient (Wildman–Crippen LogP) is 7.22. The van der Waals surface area contributed by atoms with Crippen LogP contribution in [0.5, 0.6) is 0 Å². The standard InChI is InChI=1S/C54H62N2O11/c1-4-30-61-52-47(55-38(2)57)53(64-35-44-28-18-9-19-29-44)65-46(37-60-32-41-22-12-6-13-23-41)50(52)67-54-48(56-39(3)58)51(63-34-43-26-16-8-17-27-43)49(62-33-42-24-14-7-15-25-42)45(66-54)36-59-31-40-20-10-5-11-21-40/h4-29,45-54H,1,30-37H2,2-3H3,(H,55,57)(H,56,58)/t45-,46-,47+,48+,49-,50-,51-,52-,53+,54+/m1/s1. The maximum atomic E-state index is 13.3. The molecule has 2 saturated heterocycles. The second-order valence-corrected chi connectivity index (χ2v) is 16.5. The van der Waals surface area contributed by atoms with E-state index < -0.39 is 61.3 Å². The lowest BCUT2D eigenvalue weighted by atomic mass is 9.93. The molecule has 354 valence electrons. The Labute approximate surface area is 393 Å². The van der Waals surface area contributed by atoms with E-state index in [0.717, 1.165) is 27.8 Å². The van der Waals surface area contributed by atoms with Crippen molar-refractivity contribution in [1.82, 2.24) is 10.6 Å². The first-order valence-electron chi connectivity index (χ1n) is 22.8. The zero-order chi connectivity index (χ0) is 46.6. The van der Waals surface area contributed by atoms with Gasteiger partial charge < -0.3 is 53.3 Å². The summed E-state index contributed by atoms with van der Waals surface area (Å²) in [4.78, 5) is 26.4. The van der Waals surface area contributed by atoms with Crippen molar-refractivity contribution in [2.75, 3.05) is 19.8 Å². The van der Waals surface area contributed by atoms with Crippen molar-refractivity contribution < 1.29 is 52.2 Å². The molecule has 0 bridgehead atoms. The fourth-order valence-corrected chi connectivity index (χ4v) is 8.23. The molecule has 2 N–H and O–H groups in total. The number of carbonyl (C=O) groups excluding carboxylic acids is 2. The Hall–Kier alpha value is -5.58. The minimum Gasteiger partial charge on any atom is -0.374 e. The van der Waals surface area contributed by atoms with Crippen molar-refractivity contribution in [3.63, 3.8) is 0 Å². The molecule has 67 heavy (non-hydrogen) atoms. The van der Waals surface area contributed by atoms with Gasteiger partial charge >= 0.3 is 0 Å². The van der Waals surface area contributed by atoms with E-state index in [9.17, 15) is 9.59 Å². The Morgan fingerprint density at radius 1 is 0.478 bits per heavy atom. The summed E-state index contributed by atoms with van der Waals surface area (Å²) < 4.78 is 60.4. The van der Waals surface area contributed by atoms with Crippen LogP contribution < -0.4 is 10.6 Å². The van der Waals surface area contributed by atoms with Crippen LogP contribution in [0.2, 0.25) is 0 Å². The Kier molecular flexibility index (Phi) is 19.2. The van der Waals surface area contributed by atoms with Crippen LogP contribution in [0.15, 0.2) is 164 Å². The summed E-state index contributed by atoms with van der Waals surface area (Å²) in [5.41, 5.74) is 4.71. The van der Waals surface area contributed by atoms with Crippen LogP contribution in [0.4, 0.5) is 0 Å². The van der Waals surface area contributed by atoms with E-state index in [1.807, 2.05) is 152 Å². The first-order valence-corrected chi connectivity index (χ1v) is 22.8. The summed E-state index contributed by atoms with van der Waals surface area (Å²) >= 11 is 0. The molecular weight excluding hydrogens is 853 g/mol. The molecule has 0 unspecified atom stereocenters. The molecule has 0 spiro atoms. The van der Waals surface area contributed by atoms with Gasteiger partial charge in [-0.3, -0.25) is 9.59 Å². The lowest BCUT2D eigenvalue weighted by Crippen LogP contribution is -2.70. The number of ether oxygens (including phenoxy) is 9. The molecule has 0 aromatic heterocycles. The highest BCUT2D eigenvalue weighted by Crippen LogP contribution is 2.35. The quantitative estimate of drug-likeness (QED) is 0.0607. The molecule has 0 aliphatic carbocycles. The Morgan fingerprint density at radius 3 is 1.27 bits per heavy atom.